The third kappa shape index (κ3) is 2.09. The number of hydrogen-bond acceptors (Lipinski definition) is 3. The van der Waals surface area contributed by atoms with Crippen molar-refractivity contribution >= 4 is 23.1 Å². The minimum atomic E-state index is -0.461. The van der Waals surface area contributed by atoms with Crippen LogP contribution in [-0.4, -0.2) is 15.2 Å². The maximum Gasteiger partial charge on any atom is 0.279 e. The molecule has 0 aliphatic heterocycles. The van der Waals surface area contributed by atoms with Crippen molar-refractivity contribution in [3.8, 4) is 0 Å². The first-order valence-electron chi connectivity index (χ1n) is 3.67. The summed E-state index contributed by atoms with van der Waals surface area (Å²) >= 11 is 6.78. The first-order valence-corrected chi connectivity index (χ1v) is 4.89. The van der Waals surface area contributed by atoms with E-state index in [1.165, 1.54) is 15.5 Å². The Labute approximate surface area is 79.4 Å². The molecule has 0 saturated carbocycles. The highest BCUT2D eigenvalue weighted by Gasteiger charge is 2.07. The second kappa shape index (κ2) is 4.07. The number of aliphatic hydroxyl groups is 1. The van der Waals surface area contributed by atoms with Gasteiger partial charge in [-0.3, -0.25) is 8.75 Å². The molecule has 0 fully saturated rings. The summed E-state index contributed by atoms with van der Waals surface area (Å²) in [7, 11) is 0. The fourth-order valence-corrected chi connectivity index (χ4v) is 1.82. The number of hydrogen-bond donors (Lipinski definition) is 1. The number of halogens is 1. The third-order valence-electron chi connectivity index (χ3n) is 1.56. The molecule has 1 aromatic heterocycles. The topological polar surface area (TPSA) is 42.2 Å². The van der Waals surface area contributed by atoms with Crippen LogP contribution in [0, 0.1) is 0 Å². The highest BCUT2D eigenvalue weighted by Crippen LogP contribution is 2.07. The fraction of sp³-hybridized carbons (Fsp3) is 0.571. The molecule has 0 aromatic carbocycles. The van der Waals surface area contributed by atoms with Crippen LogP contribution in [0.15, 0.2) is 10.2 Å². The highest BCUT2D eigenvalue weighted by atomic mass is 35.5. The number of aliphatic hydroxyl groups excluding tert-OH is 1. The zero-order valence-corrected chi connectivity index (χ0v) is 8.23. The highest BCUT2D eigenvalue weighted by molar-refractivity contribution is 7.04. The van der Waals surface area contributed by atoms with Crippen LogP contribution in [0.5, 0.6) is 0 Å². The molecule has 0 radical (unpaired) electrons. The van der Waals surface area contributed by atoms with Crippen molar-refractivity contribution in [2.75, 3.05) is 0 Å². The second-order valence-corrected chi connectivity index (χ2v) is 3.79. The van der Waals surface area contributed by atoms with Gasteiger partial charge < -0.3 is 5.11 Å². The van der Waals surface area contributed by atoms with Crippen molar-refractivity contribution in [2.45, 2.75) is 26.0 Å². The fourth-order valence-electron chi connectivity index (χ4n) is 0.774. The van der Waals surface area contributed by atoms with E-state index in [-0.39, 0.29) is 10.6 Å². The first-order chi connectivity index (χ1) is 5.65. The van der Waals surface area contributed by atoms with Crippen molar-refractivity contribution in [2.24, 2.45) is 0 Å². The van der Waals surface area contributed by atoms with Gasteiger partial charge in [0.2, 0.25) is 0 Å². The number of aromatic nitrogens is 1. The van der Waals surface area contributed by atoms with E-state index in [2.05, 4.69) is 0 Å². The third-order valence-corrected chi connectivity index (χ3v) is 2.87. The van der Waals surface area contributed by atoms with Gasteiger partial charge in [0, 0.05) is 5.38 Å². The molecule has 12 heavy (non-hydrogen) atoms. The van der Waals surface area contributed by atoms with E-state index >= 15 is 0 Å². The van der Waals surface area contributed by atoms with Crippen LogP contribution in [0.4, 0.5) is 0 Å². The lowest BCUT2D eigenvalue weighted by molar-refractivity contribution is 0.152. The Balaban J connectivity index is 2.76. The summed E-state index contributed by atoms with van der Waals surface area (Å²) in [5.41, 5.74) is -0.214. The Hall–Kier alpha value is -0.320. The molecule has 0 aliphatic rings. The molecule has 0 spiro atoms. The Bertz CT molecular complexity index is 307. The molecule has 0 amide bonds. The molecule has 1 unspecified atom stereocenters. The maximum atomic E-state index is 11.2. The molecule has 1 rings (SSSR count). The van der Waals surface area contributed by atoms with Gasteiger partial charge in [-0.2, -0.15) is 0 Å². The normalized spacial score (nSPS) is 13.2. The lowest BCUT2D eigenvalue weighted by Gasteiger charge is -2.05. The molecule has 5 heteroatoms. The van der Waals surface area contributed by atoms with Gasteiger partial charge in [0.1, 0.15) is 5.02 Å². The van der Waals surface area contributed by atoms with E-state index in [0.29, 0.717) is 13.0 Å². The lowest BCUT2D eigenvalue weighted by atomic mass is 10.3. The molecule has 1 N–H and O–H groups in total. The molecule has 68 valence electrons. The van der Waals surface area contributed by atoms with Crippen molar-refractivity contribution in [3.05, 3.63) is 20.8 Å². The van der Waals surface area contributed by atoms with Crippen LogP contribution in [-0.2, 0) is 6.54 Å². The molecular formula is C7H10ClNO2S. The monoisotopic (exact) mass is 207 g/mol. The Morgan fingerprint density at radius 3 is 2.92 bits per heavy atom. The lowest BCUT2D eigenvalue weighted by Crippen LogP contribution is -2.21. The van der Waals surface area contributed by atoms with Gasteiger partial charge in [-0.05, 0) is 6.42 Å². The van der Waals surface area contributed by atoms with Gasteiger partial charge in [-0.25, -0.2) is 0 Å². The summed E-state index contributed by atoms with van der Waals surface area (Å²) in [5, 5.41) is 11.0. The van der Waals surface area contributed by atoms with E-state index in [4.69, 9.17) is 11.6 Å². The van der Waals surface area contributed by atoms with E-state index in [9.17, 15) is 9.90 Å². The number of rotatable bonds is 3. The zero-order valence-electron chi connectivity index (χ0n) is 6.66. The van der Waals surface area contributed by atoms with E-state index in [1.54, 1.807) is 5.38 Å². The molecule has 0 saturated heterocycles. The smallest absolute Gasteiger partial charge is 0.279 e. The summed E-state index contributed by atoms with van der Waals surface area (Å²) in [5.74, 6) is 0. The van der Waals surface area contributed by atoms with Crippen LogP contribution in [0.2, 0.25) is 5.02 Å². The summed E-state index contributed by atoms with van der Waals surface area (Å²) in [6, 6.07) is 0. The van der Waals surface area contributed by atoms with Gasteiger partial charge >= 0.3 is 0 Å². The van der Waals surface area contributed by atoms with Crippen molar-refractivity contribution in [1.82, 2.24) is 3.96 Å². The van der Waals surface area contributed by atoms with E-state index in [1.807, 2.05) is 6.92 Å². The van der Waals surface area contributed by atoms with Crippen molar-refractivity contribution < 1.29 is 5.11 Å². The summed E-state index contributed by atoms with van der Waals surface area (Å²) in [4.78, 5) is 11.2. The summed E-state index contributed by atoms with van der Waals surface area (Å²) in [6.07, 6.45) is 0.180. The minimum absolute atomic E-state index is 0.214. The molecule has 1 aromatic rings. The SMILES string of the molecule is CCC(O)Cn1scc(Cl)c1=O. The molecular weight excluding hydrogens is 198 g/mol. The largest absolute Gasteiger partial charge is 0.391 e. The van der Waals surface area contributed by atoms with Crippen LogP contribution in [0.25, 0.3) is 0 Å². The van der Waals surface area contributed by atoms with Gasteiger partial charge in [-0.1, -0.05) is 30.1 Å². The van der Waals surface area contributed by atoms with E-state index < -0.39 is 6.10 Å². The van der Waals surface area contributed by atoms with E-state index in [0.717, 1.165) is 0 Å². The molecule has 3 nitrogen and oxygen atoms in total. The average Bonchev–Trinajstić information content (AvgIpc) is 2.36. The second-order valence-electron chi connectivity index (χ2n) is 2.50. The number of nitrogens with zero attached hydrogens (tertiary/aromatic N) is 1. The molecule has 1 heterocycles. The van der Waals surface area contributed by atoms with Crippen LogP contribution < -0.4 is 5.56 Å². The summed E-state index contributed by atoms with van der Waals surface area (Å²) < 4.78 is 1.45. The standard InChI is InChI=1S/C7H10ClNO2S/c1-2-5(10)3-9-7(11)6(8)4-12-9/h4-5,10H,2-3H2,1H3. The van der Waals surface area contributed by atoms with Gasteiger partial charge in [-0.15, -0.1) is 0 Å². The Morgan fingerprint density at radius 1 is 1.83 bits per heavy atom. The van der Waals surface area contributed by atoms with Gasteiger partial charge in [0.25, 0.3) is 5.56 Å². The van der Waals surface area contributed by atoms with Crippen LogP contribution in [0.1, 0.15) is 13.3 Å². The average molecular weight is 208 g/mol. The van der Waals surface area contributed by atoms with Gasteiger partial charge in [0.15, 0.2) is 0 Å². The maximum absolute atomic E-state index is 11.2. The molecule has 0 aliphatic carbocycles. The minimum Gasteiger partial charge on any atom is -0.391 e. The van der Waals surface area contributed by atoms with Gasteiger partial charge in [0.05, 0.1) is 12.6 Å². The molecule has 1 atom stereocenters. The van der Waals surface area contributed by atoms with Crippen LogP contribution >= 0.6 is 23.1 Å². The Kier molecular flexibility index (Phi) is 3.31. The Morgan fingerprint density at radius 2 is 2.50 bits per heavy atom. The predicted octanol–water partition coefficient (Wildman–Crippen LogP) is 1.33. The first kappa shape index (κ1) is 9.77. The zero-order chi connectivity index (χ0) is 9.14. The van der Waals surface area contributed by atoms with Crippen LogP contribution in [0.3, 0.4) is 0 Å². The quantitative estimate of drug-likeness (QED) is 0.813. The van der Waals surface area contributed by atoms with Crippen molar-refractivity contribution in [3.63, 3.8) is 0 Å². The summed E-state index contributed by atoms with van der Waals surface area (Å²) in [6.45, 7) is 2.21. The van der Waals surface area contributed by atoms with Crippen molar-refractivity contribution in [1.29, 1.82) is 0 Å². The molecule has 0 bridgehead atoms. The predicted molar refractivity (Wildman–Crippen MR) is 49.9 cm³/mol.